The van der Waals surface area contributed by atoms with Crippen LogP contribution in [-0.2, 0) is 0 Å². The molecule has 0 radical (unpaired) electrons. The highest BCUT2D eigenvalue weighted by Crippen LogP contribution is 2.32. The predicted molar refractivity (Wildman–Crippen MR) is 96.5 cm³/mol. The van der Waals surface area contributed by atoms with E-state index in [2.05, 4.69) is 15.3 Å². The zero-order valence-electron chi connectivity index (χ0n) is 13.8. The molecule has 1 amide bonds. The smallest absolute Gasteiger partial charge is 0.251 e. The van der Waals surface area contributed by atoms with E-state index in [0.29, 0.717) is 21.9 Å². The van der Waals surface area contributed by atoms with Crippen LogP contribution in [0.2, 0.25) is 0 Å². The lowest BCUT2D eigenvalue weighted by Crippen LogP contribution is -2.47. The van der Waals surface area contributed by atoms with Gasteiger partial charge in [0.15, 0.2) is 10.9 Å². The van der Waals surface area contributed by atoms with Crippen molar-refractivity contribution in [3.05, 3.63) is 53.9 Å². The number of carbonyl (C=O) groups is 1. The first-order chi connectivity index (χ1) is 12.6. The highest BCUT2D eigenvalue weighted by Gasteiger charge is 2.24. The molecule has 3 heterocycles. The predicted octanol–water partition coefficient (Wildman–Crippen LogP) is 3.37. The average Bonchev–Trinajstić information content (AvgIpc) is 3.07. The summed E-state index contributed by atoms with van der Waals surface area (Å²) in [6.45, 7) is 1.35. The first-order valence-corrected chi connectivity index (χ1v) is 9.13. The summed E-state index contributed by atoms with van der Waals surface area (Å²) in [5, 5.41) is 3.67. The number of carbonyl (C=O) groups excluding carboxylic acids is 1. The van der Waals surface area contributed by atoms with Gasteiger partial charge in [0.1, 0.15) is 11.3 Å². The van der Waals surface area contributed by atoms with Gasteiger partial charge in [-0.3, -0.25) is 9.78 Å². The third-order valence-electron chi connectivity index (χ3n) is 4.37. The van der Waals surface area contributed by atoms with E-state index in [1.165, 1.54) is 17.4 Å². The fourth-order valence-corrected chi connectivity index (χ4v) is 4.16. The maximum atomic E-state index is 13.9. The molecule has 1 aliphatic heterocycles. The number of piperidine rings is 1. The highest BCUT2D eigenvalue weighted by atomic mass is 32.1. The fourth-order valence-electron chi connectivity index (χ4n) is 3.12. The molecule has 0 bridgehead atoms. The summed E-state index contributed by atoms with van der Waals surface area (Å²) in [6.07, 6.45) is 4.91. The van der Waals surface area contributed by atoms with E-state index < -0.39 is 11.6 Å². The lowest BCUT2D eigenvalue weighted by Gasteiger charge is -2.32. The van der Waals surface area contributed by atoms with Crippen LogP contribution in [-0.4, -0.2) is 35.0 Å². The molecular formula is C18H16F2N4OS. The number of anilines is 1. The number of hydrogen-bond donors (Lipinski definition) is 1. The molecule has 26 heavy (non-hydrogen) atoms. The number of nitrogens with one attached hydrogen (secondary N) is 1. The van der Waals surface area contributed by atoms with Crippen LogP contribution in [0.25, 0.3) is 10.2 Å². The number of thiazole rings is 1. The number of fused-ring (bicyclic) bond motifs is 1. The molecule has 1 atom stereocenters. The Labute approximate surface area is 152 Å². The van der Waals surface area contributed by atoms with Gasteiger partial charge >= 0.3 is 0 Å². The van der Waals surface area contributed by atoms with E-state index >= 15 is 0 Å². The lowest BCUT2D eigenvalue weighted by atomic mass is 10.1. The van der Waals surface area contributed by atoms with Crippen molar-refractivity contribution in [3.63, 3.8) is 0 Å². The minimum atomic E-state index is -0.651. The van der Waals surface area contributed by atoms with Crippen LogP contribution in [0.15, 0.2) is 36.7 Å². The number of hydrogen-bond acceptors (Lipinski definition) is 5. The molecule has 5 nitrogen and oxygen atoms in total. The van der Waals surface area contributed by atoms with E-state index in [0.717, 1.165) is 25.5 Å². The zero-order chi connectivity index (χ0) is 18.1. The minimum Gasteiger partial charge on any atom is -0.348 e. The van der Waals surface area contributed by atoms with Crippen molar-refractivity contribution in [3.8, 4) is 0 Å². The maximum Gasteiger partial charge on any atom is 0.251 e. The summed E-state index contributed by atoms with van der Waals surface area (Å²) in [5.74, 6) is -1.40. The van der Waals surface area contributed by atoms with Gasteiger partial charge in [-0.15, -0.1) is 0 Å². The van der Waals surface area contributed by atoms with Crippen molar-refractivity contribution in [1.29, 1.82) is 0 Å². The molecule has 1 aliphatic rings. The fraction of sp³-hybridized carbons (Fsp3) is 0.278. The van der Waals surface area contributed by atoms with Gasteiger partial charge in [-0.1, -0.05) is 11.3 Å². The number of pyridine rings is 1. The topological polar surface area (TPSA) is 58.1 Å². The average molecular weight is 374 g/mol. The number of rotatable bonds is 3. The second kappa shape index (κ2) is 6.95. The number of halogens is 2. The van der Waals surface area contributed by atoms with Crippen LogP contribution in [0, 0.1) is 11.6 Å². The summed E-state index contributed by atoms with van der Waals surface area (Å²) in [6, 6.07) is 5.45. The largest absolute Gasteiger partial charge is 0.348 e. The van der Waals surface area contributed by atoms with Crippen molar-refractivity contribution in [2.24, 2.45) is 0 Å². The van der Waals surface area contributed by atoms with Gasteiger partial charge in [-0.25, -0.2) is 13.8 Å². The van der Waals surface area contributed by atoms with E-state index in [-0.39, 0.29) is 17.5 Å². The van der Waals surface area contributed by atoms with E-state index in [1.54, 1.807) is 24.5 Å². The molecule has 1 unspecified atom stereocenters. The van der Waals surface area contributed by atoms with Crippen molar-refractivity contribution in [2.45, 2.75) is 18.9 Å². The number of nitrogens with zero attached hydrogens (tertiary/aromatic N) is 3. The Morgan fingerprint density at radius 3 is 2.88 bits per heavy atom. The Morgan fingerprint density at radius 2 is 2.08 bits per heavy atom. The first-order valence-electron chi connectivity index (χ1n) is 8.31. The van der Waals surface area contributed by atoms with Crippen LogP contribution in [0.1, 0.15) is 23.2 Å². The van der Waals surface area contributed by atoms with Crippen molar-refractivity contribution < 1.29 is 13.6 Å². The second-order valence-electron chi connectivity index (χ2n) is 6.23. The Morgan fingerprint density at radius 1 is 1.27 bits per heavy atom. The molecule has 3 aromatic rings. The van der Waals surface area contributed by atoms with Crippen LogP contribution in [0.4, 0.5) is 13.9 Å². The first kappa shape index (κ1) is 16.8. The molecule has 1 saturated heterocycles. The minimum absolute atomic E-state index is 0.0296. The normalized spacial score (nSPS) is 17.5. The standard InChI is InChI=1S/C18H16F2N4OS/c19-12-8-14(20)16-15(9-12)26-18(23-16)24-7-1-2-13(10-24)22-17(25)11-3-5-21-6-4-11/h3-6,8-9,13H,1-2,7,10H2,(H,22,25). The molecule has 134 valence electrons. The molecule has 1 aromatic carbocycles. The molecule has 1 N–H and O–H groups in total. The third kappa shape index (κ3) is 3.37. The third-order valence-corrected chi connectivity index (χ3v) is 5.43. The monoisotopic (exact) mass is 374 g/mol. The quantitative estimate of drug-likeness (QED) is 0.764. The zero-order valence-corrected chi connectivity index (χ0v) is 14.6. The second-order valence-corrected chi connectivity index (χ2v) is 7.23. The molecule has 0 aliphatic carbocycles. The number of benzene rings is 1. The van der Waals surface area contributed by atoms with Crippen LogP contribution in [0.5, 0.6) is 0 Å². The summed E-state index contributed by atoms with van der Waals surface area (Å²) < 4.78 is 27.8. The Balaban J connectivity index is 1.50. The maximum absolute atomic E-state index is 13.9. The van der Waals surface area contributed by atoms with Crippen molar-refractivity contribution in [2.75, 3.05) is 18.0 Å². The SMILES string of the molecule is O=C(NC1CCCN(c2nc3c(F)cc(F)cc3s2)C1)c1ccncc1. The number of aromatic nitrogens is 2. The Bertz CT molecular complexity index is 947. The van der Waals surface area contributed by atoms with Crippen LogP contribution in [0.3, 0.4) is 0 Å². The van der Waals surface area contributed by atoms with Gasteiger partial charge < -0.3 is 10.2 Å². The Kier molecular flexibility index (Phi) is 4.50. The molecule has 2 aromatic heterocycles. The van der Waals surface area contributed by atoms with Crippen LogP contribution < -0.4 is 10.2 Å². The van der Waals surface area contributed by atoms with Crippen molar-refractivity contribution in [1.82, 2.24) is 15.3 Å². The molecule has 8 heteroatoms. The molecule has 1 fully saturated rings. The lowest BCUT2D eigenvalue weighted by molar-refractivity contribution is 0.0933. The van der Waals surface area contributed by atoms with Crippen LogP contribution >= 0.6 is 11.3 Å². The molecule has 4 rings (SSSR count). The van der Waals surface area contributed by atoms with Gasteiger partial charge in [-0.2, -0.15) is 0 Å². The van der Waals surface area contributed by atoms with E-state index in [4.69, 9.17) is 0 Å². The summed E-state index contributed by atoms with van der Waals surface area (Å²) >= 11 is 1.26. The van der Waals surface area contributed by atoms with E-state index in [9.17, 15) is 13.6 Å². The summed E-state index contributed by atoms with van der Waals surface area (Å²) in [4.78, 5) is 22.6. The summed E-state index contributed by atoms with van der Waals surface area (Å²) in [5.41, 5.74) is 0.754. The van der Waals surface area contributed by atoms with Gasteiger partial charge in [0, 0.05) is 43.2 Å². The number of amides is 1. The van der Waals surface area contributed by atoms with Gasteiger partial charge in [0.2, 0.25) is 0 Å². The molecular weight excluding hydrogens is 358 g/mol. The van der Waals surface area contributed by atoms with Gasteiger partial charge in [0.25, 0.3) is 5.91 Å². The molecule has 0 saturated carbocycles. The van der Waals surface area contributed by atoms with Gasteiger partial charge in [-0.05, 0) is 31.0 Å². The Hall–Kier alpha value is -2.61. The van der Waals surface area contributed by atoms with Gasteiger partial charge in [0.05, 0.1) is 4.70 Å². The van der Waals surface area contributed by atoms with E-state index in [1.807, 2.05) is 4.90 Å². The summed E-state index contributed by atoms with van der Waals surface area (Å²) in [7, 11) is 0. The highest BCUT2D eigenvalue weighted by molar-refractivity contribution is 7.22. The van der Waals surface area contributed by atoms with Crippen molar-refractivity contribution >= 4 is 32.6 Å². The molecule has 0 spiro atoms.